The maximum absolute atomic E-state index is 10.6. The lowest BCUT2D eigenvalue weighted by Crippen LogP contribution is -2.19. The molecular weight excluding hydrogens is 248 g/mol. The van der Waals surface area contributed by atoms with Gasteiger partial charge in [-0.15, -0.1) is 11.6 Å². The second kappa shape index (κ2) is 5.81. The molecule has 0 spiro atoms. The minimum Gasteiger partial charge on any atom is -0.398 e. The van der Waals surface area contributed by atoms with Gasteiger partial charge in [0.05, 0.1) is 11.0 Å². The largest absolute Gasteiger partial charge is 0.398 e. The van der Waals surface area contributed by atoms with Crippen LogP contribution in [0, 0.1) is 10.1 Å². The summed E-state index contributed by atoms with van der Waals surface area (Å²) in [6, 6.07) is 3.71. The average Bonchev–Trinajstić information content (AvgIpc) is 2.28. The van der Waals surface area contributed by atoms with Crippen LogP contribution in [0.3, 0.4) is 0 Å². The highest BCUT2D eigenvalue weighted by Crippen LogP contribution is 2.28. The molecule has 0 radical (unpaired) electrons. The van der Waals surface area contributed by atoms with E-state index in [4.69, 9.17) is 17.3 Å². The molecule has 2 unspecified atom stereocenters. The average molecular weight is 261 g/mol. The highest BCUT2D eigenvalue weighted by atomic mass is 35.5. The van der Waals surface area contributed by atoms with Gasteiger partial charge in [0.15, 0.2) is 0 Å². The molecule has 1 aromatic rings. The van der Waals surface area contributed by atoms with E-state index >= 15 is 0 Å². The summed E-state index contributed by atoms with van der Waals surface area (Å²) < 4.78 is 0. The van der Waals surface area contributed by atoms with Crippen molar-refractivity contribution in [3.8, 4) is 0 Å². The van der Waals surface area contributed by atoms with Crippen molar-refractivity contribution in [2.75, 3.05) is 11.6 Å². The first-order chi connectivity index (χ1) is 7.97. The monoisotopic (exact) mass is 260 g/mol. The summed E-state index contributed by atoms with van der Waals surface area (Å²) in [7, 11) is 0. The van der Waals surface area contributed by atoms with Gasteiger partial charge in [0.1, 0.15) is 6.10 Å². The Morgan fingerprint density at radius 2 is 2.12 bits per heavy atom. The Hall–Kier alpha value is -1.37. The SMILES string of the molecule is Nc1ccc([N+](=O)[O-])cc1C(O)C(O)CCCl. The smallest absolute Gasteiger partial charge is 0.269 e. The number of anilines is 1. The maximum atomic E-state index is 10.6. The zero-order valence-electron chi connectivity index (χ0n) is 8.91. The molecule has 0 fully saturated rings. The zero-order valence-corrected chi connectivity index (χ0v) is 9.67. The minimum atomic E-state index is -1.28. The number of aliphatic hydroxyl groups excluding tert-OH is 2. The molecular formula is C10H13ClN2O4. The van der Waals surface area contributed by atoms with Gasteiger partial charge in [-0.3, -0.25) is 10.1 Å². The Bertz CT molecular complexity index is 413. The van der Waals surface area contributed by atoms with Crippen LogP contribution in [-0.4, -0.2) is 27.1 Å². The topological polar surface area (TPSA) is 110 Å². The summed E-state index contributed by atoms with van der Waals surface area (Å²) >= 11 is 5.44. The van der Waals surface area contributed by atoms with E-state index in [-0.39, 0.29) is 29.2 Å². The molecule has 0 aliphatic carbocycles. The van der Waals surface area contributed by atoms with Crippen LogP contribution in [0.15, 0.2) is 18.2 Å². The van der Waals surface area contributed by atoms with Crippen LogP contribution in [0.5, 0.6) is 0 Å². The third-order valence-corrected chi connectivity index (χ3v) is 2.59. The van der Waals surface area contributed by atoms with Crippen LogP contribution in [0.2, 0.25) is 0 Å². The van der Waals surface area contributed by atoms with Crippen molar-refractivity contribution >= 4 is 23.0 Å². The number of hydrogen-bond acceptors (Lipinski definition) is 5. The number of nitrogens with zero attached hydrogens (tertiary/aromatic N) is 1. The Kier molecular flexibility index (Phi) is 4.68. The first-order valence-corrected chi connectivity index (χ1v) is 5.46. The molecule has 0 heterocycles. The van der Waals surface area contributed by atoms with Gasteiger partial charge in [0.25, 0.3) is 5.69 Å². The molecule has 0 amide bonds. The molecule has 6 nitrogen and oxygen atoms in total. The van der Waals surface area contributed by atoms with Gasteiger partial charge in [-0.2, -0.15) is 0 Å². The van der Waals surface area contributed by atoms with E-state index in [9.17, 15) is 20.3 Å². The van der Waals surface area contributed by atoms with E-state index in [1.807, 2.05) is 0 Å². The Morgan fingerprint density at radius 1 is 1.47 bits per heavy atom. The standard InChI is InChI=1S/C10H13ClN2O4/c11-4-3-9(14)10(15)7-5-6(13(16)17)1-2-8(7)12/h1-2,5,9-10,14-15H,3-4,12H2. The van der Waals surface area contributed by atoms with Gasteiger partial charge in [0.2, 0.25) is 0 Å². The van der Waals surface area contributed by atoms with Gasteiger partial charge >= 0.3 is 0 Å². The van der Waals surface area contributed by atoms with Crippen molar-refractivity contribution in [3.05, 3.63) is 33.9 Å². The zero-order chi connectivity index (χ0) is 13.0. The predicted octanol–water partition coefficient (Wildman–Crippen LogP) is 1.20. The summed E-state index contributed by atoms with van der Waals surface area (Å²) in [5, 5.41) is 29.9. The number of alkyl halides is 1. The molecule has 17 heavy (non-hydrogen) atoms. The first-order valence-electron chi connectivity index (χ1n) is 4.93. The lowest BCUT2D eigenvalue weighted by Gasteiger charge is -2.18. The summed E-state index contributed by atoms with van der Waals surface area (Å²) in [6.07, 6.45) is -2.21. The molecule has 0 saturated heterocycles. The van der Waals surface area contributed by atoms with E-state index in [2.05, 4.69) is 0 Å². The van der Waals surface area contributed by atoms with E-state index < -0.39 is 17.1 Å². The summed E-state index contributed by atoms with van der Waals surface area (Å²) in [5.74, 6) is 0.174. The summed E-state index contributed by atoms with van der Waals surface area (Å²) in [4.78, 5) is 9.99. The second-order valence-electron chi connectivity index (χ2n) is 3.56. The molecule has 94 valence electrons. The second-order valence-corrected chi connectivity index (χ2v) is 3.94. The van der Waals surface area contributed by atoms with Gasteiger partial charge in [0, 0.05) is 29.3 Å². The molecule has 0 aliphatic heterocycles. The molecule has 2 atom stereocenters. The number of rotatable bonds is 5. The minimum absolute atomic E-state index is 0.136. The van der Waals surface area contributed by atoms with E-state index in [1.165, 1.54) is 12.1 Å². The Labute approximate surface area is 103 Å². The quantitative estimate of drug-likeness (QED) is 0.319. The van der Waals surface area contributed by atoms with Crippen LogP contribution < -0.4 is 5.73 Å². The number of nitrogen functional groups attached to an aromatic ring is 1. The molecule has 1 rings (SSSR count). The third-order valence-electron chi connectivity index (χ3n) is 2.37. The normalized spacial score (nSPS) is 14.3. The fourth-order valence-corrected chi connectivity index (χ4v) is 1.63. The van der Waals surface area contributed by atoms with E-state index in [1.54, 1.807) is 0 Å². The number of aliphatic hydroxyl groups is 2. The van der Waals surface area contributed by atoms with Crippen LogP contribution in [0.1, 0.15) is 18.1 Å². The van der Waals surface area contributed by atoms with Crippen molar-refractivity contribution < 1.29 is 15.1 Å². The first kappa shape index (κ1) is 13.7. The molecule has 0 aliphatic rings. The molecule has 4 N–H and O–H groups in total. The van der Waals surface area contributed by atoms with Crippen molar-refractivity contribution in [2.45, 2.75) is 18.6 Å². The Balaban J connectivity index is 3.03. The van der Waals surface area contributed by atoms with Gasteiger partial charge in [-0.1, -0.05) is 0 Å². The number of non-ortho nitro benzene ring substituents is 1. The fraction of sp³-hybridized carbons (Fsp3) is 0.400. The number of benzene rings is 1. The number of nitro benzene ring substituents is 1. The predicted molar refractivity (Wildman–Crippen MR) is 63.8 cm³/mol. The molecule has 0 bridgehead atoms. The number of nitrogens with two attached hydrogens (primary N) is 1. The maximum Gasteiger partial charge on any atom is 0.269 e. The molecule has 7 heteroatoms. The molecule has 0 saturated carbocycles. The van der Waals surface area contributed by atoms with Crippen LogP contribution in [0.4, 0.5) is 11.4 Å². The summed E-state index contributed by atoms with van der Waals surface area (Å²) in [6.45, 7) is 0. The third kappa shape index (κ3) is 3.29. The lowest BCUT2D eigenvalue weighted by molar-refractivity contribution is -0.385. The van der Waals surface area contributed by atoms with Crippen molar-refractivity contribution in [1.82, 2.24) is 0 Å². The highest BCUT2D eigenvalue weighted by Gasteiger charge is 2.22. The van der Waals surface area contributed by atoms with Gasteiger partial charge in [-0.25, -0.2) is 0 Å². The van der Waals surface area contributed by atoms with Gasteiger partial charge in [-0.05, 0) is 12.5 Å². The van der Waals surface area contributed by atoms with Crippen LogP contribution in [-0.2, 0) is 0 Å². The van der Waals surface area contributed by atoms with Crippen molar-refractivity contribution in [3.63, 3.8) is 0 Å². The van der Waals surface area contributed by atoms with E-state index in [0.29, 0.717) is 0 Å². The lowest BCUT2D eigenvalue weighted by atomic mass is 10.0. The van der Waals surface area contributed by atoms with Crippen molar-refractivity contribution in [2.24, 2.45) is 0 Å². The molecule has 1 aromatic carbocycles. The number of halogens is 1. The van der Waals surface area contributed by atoms with Crippen LogP contribution in [0.25, 0.3) is 0 Å². The highest BCUT2D eigenvalue weighted by molar-refractivity contribution is 6.17. The fourth-order valence-electron chi connectivity index (χ4n) is 1.41. The van der Waals surface area contributed by atoms with Crippen LogP contribution >= 0.6 is 11.6 Å². The summed E-state index contributed by atoms with van der Waals surface area (Å²) in [5.41, 5.74) is 5.74. The van der Waals surface area contributed by atoms with E-state index in [0.717, 1.165) is 6.07 Å². The number of hydrogen-bond donors (Lipinski definition) is 3. The van der Waals surface area contributed by atoms with Crippen molar-refractivity contribution in [1.29, 1.82) is 0 Å². The number of nitro groups is 1. The van der Waals surface area contributed by atoms with Gasteiger partial charge < -0.3 is 15.9 Å². The molecule has 0 aromatic heterocycles. The Morgan fingerprint density at radius 3 is 2.65 bits per heavy atom.